The second kappa shape index (κ2) is 9.18. The predicted molar refractivity (Wildman–Crippen MR) is 127 cm³/mol. The lowest BCUT2D eigenvalue weighted by molar-refractivity contribution is -0.133. The maximum Gasteiger partial charge on any atom is 0.250 e. The van der Waals surface area contributed by atoms with Gasteiger partial charge in [0.1, 0.15) is 11.4 Å². The van der Waals surface area contributed by atoms with E-state index in [1.165, 1.54) is 12.1 Å². The van der Waals surface area contributed by atoms with Gasteiger partial charge in [-0.1, -0.05) is 37.1 Å². The number of para-hydroxylation sites is 2. The molecule has 34 heavy (non-hydrogen) atoms. The van der Waals surface area contributed by atoms with Gasteiger partial charge in [0.15, 0.2) is 0 Å². The summed E-state index contributed by atoms with van der Waals surface area (Å²) < 4.78 is 13.1. The number of anilines is 2. The van der Waals surface area contributed by atoms with Crippen molar-refractivity contribution in [3.05, 3.63) is 59.9 Å². The maximum atomic E-state index is 13.6. The molecule has 1 N–H and O–H groups in total. The van der Waals surface area contributed by atoms with Crippen LogP contribution in [-0.2, 0) is 20.8 Å². The summed E-state index contributed by atoms with van der Waals surface area (Å²) in [5.74, 6) is -0.477. The lowest BCUT2D eigenvalue weighted by Gasteiger charge is -2.45. The molecule has 0 atom stereocenters. The van der Waals surface area contributed by atoms with Crippen LogP contribution in [0.25, 0.3) is 0 Å². The quantitative estimate of drug-likeness (QED) is 0.755. The summed E-state index contributed by atoms with van der Waals surface area (Å²) >= 11 is 0. The molecular formula is C26H29FN4O3. The molecule has 2 aromatic rings. The SMILES string of the molecule is O=C(Cc1ccc(F)cc1)N1CCN(CC(=O)N2c3ccccc3NC(=O)C23CCCC3)CC1. The van der Waals surface area contributed by atoms with Gasteiger partial charge in [-0.2, -0.15) is 0 Å². The molecule has 5 rings (SSSR count). The highest BCUT2D eigenvalue weighted by atomic mass is 19.1. The van der Waals surface area contributed by atoms with Crippen molar-refractivity contribution in [3.8, 4) is 0 Å². The van der Waals surface area contributed by atoms with Gasteiger partial charge in [0.25, 0.3) is 5.91 Å². The lowest BCUT2D eigenvalue weighted by Crippen LogP contribution is -2.62. The van der Waals surface area contributed by atoms with Crippen molar-refractivity contribution in [1.82, 2.24) is 9.80 Å². The average molecular weight is 465 g/mol. The fourth-order valence-corrected chi connectivity index (χ4v) is 5.43. The molecule has 1 saturated heterocycles. The summed E-state index contributed by atoms with van der Waals surface area (Å²) in [6.07, 6.45) is 3.43. The summed E-state index contributed by atoms with van der Waals surface area (Å²) in [4.78, 5) is 45.0. The largest absolute Gasteiger partial charge is 0.340 e. The molecule has 1 saturated carbocycles. The maximum absolute atomic E-state index is 13.6. The van der Waals surface area contributed by atoms with Crippen LogP contribution >= 0.6 is 0 Å². The number of piperazine rings is 1. The number of hydrogen-bond acceptors (Lipinski definition) is 4. The number of carbonyl (C=O) groups excluding carboxylic acids is 3. The topological polar surface area (TPSA) is 73.0 Å². The zero-order valence-electron chi connectivity index (χ0n) is 19.1. The van der Waals surface area contributed by atoms with Crippen molar-refractivity contribution in [2.24, 2.45) is 0 Å². The summed E-state index contributed by atoms with van der Waals surface area (Å²) in [5.41, 5.74) is 1.42. The zero-order chi connectivity index (χ0) is 23.7. The molecule has 2 fully saturated rings. The molecule has 2 aliphatic heterocycles. The number of fused-ring (bicyclic) bond motifs is 1. The normalized spacial score (nSPS) is 19.7. The molecule has 178 valence electrons. The van der Waals surface area contributed by atoms with E-state index < -0.39 is 5.54 Å². The molecule has 0 aromatic heterocycles. The average Bonchev–Trinajstić information content (AvgIpc) is 3.32. The Balaban J connectivity index is 1.24. The Labute approximate surface area is 198 Å². The molecular weight excluding hydrogens is 435 g/mol. The van der Waals surface area contributed by atoms with Crippen LogP contribution in [0.2, 0.25) is 0 Å². The van der Waals surface area contributed by atoms with Crippen molar-refractivity contribution < 1.29 is 18.8 Å². The number of nitrogens with zero attached hydrogens (tertiary/aromatic N) is 3. The Morgan fingerprint density at radius 1 is 0.912 bits per heavy atom. The van der Waals surface area contributed by atoms with Crippen molar-refractivity contribution in [2.75, 3.05) is 42.9 Å². The van der Waals surface area contributed by atoms with Gasteiger partial charge in [0, 0.05) is 26.2 Å². The highest BCUT2D eigenvalue weighted by Crippen LogP contribution is 2.45. The first kappa shape index (κ1) is 22.5. The molecule has 0 radical (unpaired) electrons. The number of nitrogens with one attached hydrogen (secondary N) is 1. The molecule has 7 nitrogen and oxygen atoms in total. The van der Waals surface area contributed by atoms with Crippen LogP contribution in [-0.4, -0.2) is 65.8 Å². The third-order valence-electron chi connectivity index (χ3n) is 7.28. The molecule has 3 amide bonds. The van der Waals surface area contributed by atoms with Crippen LogP contribution in [0.5, 0.6) is 0 Å². The summed E-state index contributed by atoms with van der Waals surface area (Å²) in [6, 6.07) is 13.5. The van der Waals surface area contributed by atoms with E-state index in [2.05, 4.69) is 10.2 Å². The Kier molecular flexibility index (Phi) is 6.08. The number of carbonyl (C=O) groups is 3. The zero-order valence-corrected chi connectivity index (χ0v) is 19.1. The van der Waals surface area contributed by atoms with E-state index in [0.717, 1.165) is 24.1 Å². The molecule has 2 aromatic carbocycles. The van der Waals surface area contributed by atoms with Crippen LogP contribution in [0.4, 0.5) is 15.8 Å². The summed E-state index contributed by atoms with van der Waals surface area (Å²) in [6.45, 7) is 2.47. The predicted octanol–water partition coefficient (Wildman–Crippen LogP) is 2.81. The highest BCUT2D eigenvalue weighted by Gasteiger charge is 2.52. The van der Waals surface area contributed by atoms with Crippen LogP contribution < -0.4 is 10.2 Å². The van der Waals surface area contributed by atoms with Crippen molar-refractivity contribution in [1.29, 1.82) is 0 Å². The Hall–Kier alpha value is -3.26. The molecule has 8 heteroatoms. The first-order chi connectivity index (χ1) is 16.5. The van der Waals surface area contributed by atoms with E-state index >= 15 is 0 Å². The van der Waals surface area contributed by atoms with E-state index in [1.807, 2.05) is 24.3 Å². The Morgan fingerprint density at radius 3 is 2.29 bits per heavy atom. The summed E-state index contributed by atoms with van der Waals surface area (Å²) in [7, 11) is 0. The first-order valence-electron chi connectivity index (χ1n) is 11.9. The number of rotatable bonds is 4. The minimum atomic E-state index is -0.807. The molecule has 0 bridgehead atoms. The number of benzene rings is 2. The Morgan fingerprint density at radius 2 is 1.59 bits per heavy atom. The van der Waals surface area contributed by atoms with Gasteiger partial charge in [-0.3, -0.25) is 24.2 Å². The van der Waals surface area contributed by atoms with Crippen molar-refractivity contribution >= 4 is 29.1 Å². The summed E-state index contributed by atoms with van der Waals surface area (Å²) in [5, 5.41) is 3.01. The smallest absolute Gasteiger partial charge is 0.250 e. The third kappa shape index (κ3) is 4.18. The molecule has 3 aliphatic rings. The van der Waals surface area contributed by atoms with Gasteiger partial charge in [-0.05, 0) is 42.7 Å². The standard InChI is InChI=1S/C26H29FN4O3/c27-20-9-7-19(8-10-20)17-23(32)30-15-13-29(14-16-30)18-24(33)31-22-6-2-1-5-21(22)28-25(34)26(31)11-3-4-12-26/h1-2,5-10H,3-4,11-18H2,(H,28,34). The first-order valence-corrected chi connectivity index (χ1v) is 11.9. The Bertz CT molecular complexity index is 1090. The third-order valence-corrected chi connectivity index (χ3v) is 7.28. The fraction of sp³-hybridized carbons (Fsp3) is 0.423. The van der Waals surface area contributed by atoms with Gasteiger partial charge in [0.2, 0.25) is 11.8 Å². The monoisotopic (exact) mass is 464 g/mol. The van der Waals surface area contributed by atoms with Gasteiger partial charge >= 0.3 is 0 Å². The van der Waals surface area contributed by atoms with Crippen LogP contribution in [0.1, 0.15) is 31.2 Å². The van der Waals surface area contributed by atoms with Gasteiger partial charge in [-0.15, -0.1) is 0 Å². The van der Waals surface area contributed by atoms with E-state index in [9.17, 15) is 18.8 Å². The number of halogens is 1. The van der Waals surface area contributed by atoms with Gasteiger partial charge in [0.05, 0.1) is 24.3 Å². The molecule has 1 spiro atoms. The minimum Gasteiger partial charge on any atom is -0.340 e. The van der Waals surface area contributed by atoms with Crippen LogP contribution in [0.15, 0.2) is 48.5 Å². The fourth-order valence-electron chi connectivity index (χ4n) is 5.43. The second-order valence-corrected chi connectivity index (χ2v) is 9.40. The minimum absolute atomic E-state index is 0.00382. The number of amides is 3. The van der Waals surface area contributed by atoms with Gasteiger partial charge in [-0.25, -0.2) is 4.39 Å². The molecule has 2 heterocycles. The van der Waals surface area contributed by atoms with Crippen LogP contribution in [0, 0.1) is 5.82 Å². The van der Waals surface area contributed by atoms with E-state index in [0.29, 0.717) is 44.7 Å². The second-order valence-electron chi connectivity index (χ2n) is 9.40. The van der Waals surface area contributed by atoms with Crippen LogP contribution in [0.3, 0.4) is 0 Å². The van der Waals surface area contributed by atoms with Gasteiger partial charge < -0.3 is 10.2 Å². The lowest BCUT2D eigenvalue weighted by atomic mass is 9.89. The number of hydrogen-bond donors (Lipinski definition) is 1. The molecule has 0 unspecified atom stereocenters. The van der Waals surface area contributed by atoms with E-state index in [-0.39, 0.29) is 36.5 Å². The highest BCUT2D eigenvalue weighted by molar-refractivity contribution is 6.15. The van der Waals surface area contributed by atoms with Crippen molar-refractivity contribution in [3.63, 3.8) is 0 Å². The molecule has 1 aliphatic carbocycles. The van der Waals surface area contributed by atoms with E-state index in [4.69, 9.17) is 0 Å². The van der Waals surface area contributed by atoms with E-state index in [1.54, 1.807) is 21.9 Å². The van der Waals surface area contributed by atoms with Crippen molar-refractivity contribution in [2.45, 2.75) is 37.6 Å².